The summed E-state index contributed by atoms with van der Waals surface area (Å²) in [6.45, 7) is 0.379. The number of nitrogens with one attached hydrogen (secondary N) is 4. The first-order valence-corrected chi connectivity index (χ1v) is 11.4. The number of halogens is 1. The Morgan fingerprint density at radius 1 is 1.06 bits per heavy atom. The van der Waals surface area contributed by atoms with Crippen molar-refractivity contribution < 1.29 is 4.79 Å². The van der Waals surface area contributed by atoms with E-state index in [4.69, 9.17) is 22.3 Å². The lowest BCUT2D eigenvalue weighted by molar-refractivity contribution is 0.236. The van der Waals surface area contributed by atoms with Crippen LogP contribution in [0.5, 0.6) is 0 Å². The molecule has 0 saturated heterocycles. The number of urea groups is 1. The van der Waals surface area contributed by atoms with Gasteiger partial charge in [-0.3, -0.25) is 10.1 Å². The van der Waals surface area contributed by atoms with Crippen LogP contribution in [0, 0.1) is 0 Å². The fourth-order valence-electron chi connectivity index (χ4n) is 3.87. The van der Waals surface area contributed by atoms with Crippen LogP contribution >= 0.6 is 11.6 Å². The third-order valence-electron chi connectivity index (χ3n) is 5.66. The minimum atomic E-state index is -0.437. The van der Waals surface area contributed by atoms with Gasteiger partial charge in [-0.15, -0.1) is 0 Å². The van der Waals surface area contributed by atoms with E-state index in [2.05, 4.69) is 30.8 Å². The Balaban J connectivity index is 1.40. The average molecular weight is 487 g/mol. The highest BCUT2D eigenvalue weighted by atomic mass is 35.5. The molecule has 2 aromatic carbocycles. The lowest BCUT2D eigenvalue weighted by atomic mass is 10.1. The molecule has 6 N–H and O–H groups in total. The summed E-state index contributed by atoms with van der Waals surface area (Å²) in [5.41, 5.74) is 10.0. The number of pyridine rings is 1. The number of nitrogens with two attached hydrogens (primary N) is 1. The highest BCUT2D eigenvalue weighted by Crippen LogP contribution is 2.31. The normalized spacial score (nSPS) is 11.9. The molecule has 2 amide bonds. The van der Waals surface area contributed by atoms with Crippen molar-refractivity contribution in [2.75, 3.05) is 5.73 Å². The molecule has 9 nitrogen and oxygen atoms in total. The van der Waals surface area contributed by atoms with Gasteiger partial charge in [-0.25, -0.2) is 9.78 Å². The van der Waals surface area contributed by atoms with E-state index in [1.54, 1.807) is 12.4 Å². The van der Waals surface area contributed by atoms with Gasteiger partial charge in [-0.2, -0.15) is 5.10 Å². The van der Waals surface area contributed by atoms with Crippen molar-refractivity contribution in [3.8, 4) is 11.3 Å². The zero-order valence-electron chi connectivity index (χ0n) is 18.6. The molecule has 5 rings (SSSR count). The molecule has 35 heavy (non-hydrogen) atoms. The third-order valence-corrected chi connectivity index (χ3v) is 5.94. The van der Waals surface area contributed by atoms with Gasteiger partial charge in [-0.05, 0) is 41.8 Å². The van der Waals surface area contributed by atoms with E-state index >= 15 is 0 Å². The summed E-state index contributed by atoms with van der Waals surface area (Å²) in [7, 11) is 0. The van der Waals surface area contributed by atoms with Gasteiger partial charge in [0.1, 0.15) is 16.7 Å². The maximum absolute atomic E-state index is 12.8. The van der Waals surface area contributed by atoms with E-state index < -0.39 is 6.04 Å². The SMILES string of the molecule is Nc1n[nH]c2cc(-c3nc([C@H](Cc4ccccc4)NC(=O)NCc4ccncc4)[nH]c3Cl)ccc12. The number of amides is 2. The number of anilines is 1. The summed E-state index contributed by atoms with van der Waals surface area (Å²) in [6, 6.07) is 18.5. The van der Waals surface area contributed by atoms with E-state index in [0.717, 1.165) is 27.6 Å². The standard InChI is InChI=1S/C25H23ClN8O/c26-22-21(17-6-7-18-19(13-17)33-34-23(18)27)31-24(32-22)20(12-15-4-2-1-3-5-15)30-25(35)29-14-16-8-10-28-11-9-16/h1-11,13,20H,12,14H2,(H,31,32)(H3,27,33,34)(H2,29,30,35)/t20-/m0/s1. The summed E-state index contributed by atoms with van der Waals surface area (Å²) >= 11 is 6.56. The quantitative estimate of drug-likeness (QED) is 0.232. The van der Waals surface area contributed by atoms with Crippen LogP contribution < -0.4 is 16.4 Å². The van der Waals surface area contributed by atoms with E-state index in [-0.39, 0.29) is 6.03 Å². The van der Waals surface area contributed by atoms with Gasteiger partial charge >= 0.3 is 6.03 Å². The fraction of sp³-hybridized carbons (Fsp3) is 0.120. The van der Waals surface area contributed by atoms with Crippen molar-refractivity contribution in [1.29, 1.82) is 0 Å². The average Bonchev–Trinajstić information content (AvgIpc) is 3.46. The van der Waals surface area contributed by atoms with Gasteiger partial charge in [0.2, 0.25) is 0 Å². The van der Waals surface area contributed by atoms with Crippen LogP contribution in [0.2, 0.25) is 5.15 Å². The predicted octanol–water partition coefficient (Wildman–Crippen LogP) is 4.37. The molecule has 0 fully saturated rings. The maximum Gasteiger partial charge on any atom is 0.315 e. The second kappa shape index (κ2) is 9.86. The number of imidazole rings is 1. The second-order valence-corrected chi connectivity index (χ2v) is 8.46. The number of aromatic amines is 2. The molecule has 10 heteroatoms. The molecule has 176 valence electrons. The van der Waals surface area contributed by atoms with Gasteiger partial charge in [-0.1, -0.05) is 48.0 Å². The number of rotatable bonds is 7. The van der Waals surface area contributed by atoms with Crippen molar-refractivity contribution in [1.82, 2.24) is 35.8 Å². The number of hydrogen-bond acceptors (Lipinski definition) is 5. The largest absolute Gasteiger partial charge is 0.382 e. The van der Waals surface area contributed by atoms with E-state index in [1.165, 1.54) is 0 Å². The monoisotopic (exact) mass is 486 g/mol. The van der Waals surface area contributed by atoms with Gasteiger partial charge in [0.25, 0.3) is 0 Å². The summed E-state index contributed by atoms with van der Waals surface area (Å²) < 4.78 is 0. The first kappa shape index (κ1) is 22.4. The first-order chi connectivity index (χ1) is 17.1. The van der Waals surface area contributed by atoms with Gasteiger partial charge in [0.05, 0.1) is 11.6 Å². The van der Waals surface area contributed by atoms with Crippen LogP contribution in [0.3, 0.4) is 0 Å². The number of fused-ring (bicyclic) bond motifs is 1. The van der Waals surface area contributed by atoms with Crippen LogP contribution in [0.25, 0.3) is 22.2 Å². The predicted molar refractivity (Wildman–Crippen MR) is 136 cm³/mol. The molecule has 3 aromatic heterocycles. The molecule has 0 radical (unpaired) electrons. The van der Waals surface area contributed by atoms with Crippen molar-refractivity contribution >= 4 is 34.4 Å². The van der Waals surface area contributed by atoms with Crippen LogP contribution in [0.1, 0.15) is 23.0 Å². The Kier molecular flexibility index (Phi) is 6.32. The van der Waals surface area contributed by atoms with E-state index in [1.807, 2.05) is 60.7 Å². The Morgan fingerprint density at radius 2 is 1.86 bits per heavy atom. The summed E-state index contributed by atoms with van der Waals surface area (Å²) in [5, 5.41) is 14.1. The Hall–Kier alpha value is -4.37. The topological polar surface area (TPSA) is 137 Å². The first-order valence-electron chi connectivity index (χ1n) is 11.0. The van der Waals surface area contributed by atoms with E-state index in [0.29, 0.717) is 35.5 Å². The van der Waals surface area contributed by atoms with Crippen molar-refractivity contribution in [2.45, 2.75) is 19.0 Å². The summed E-state index contributed by atoms with van der Waals surface area (Å²) in [5.74, 6) is 0.988. The summed E-state index contributed by atoms with van der Waals surface area (Å²) in [6.07, 6.45) is 3.91. The van der Waals surface area contributed by atoms with Crippen molar-refractivity contribution in [3.05, 3.63) is 95.2 Å². The zero-order valence-corrected chi connectivity index (χ0v) is 19.4. The lowest BCUT2D eigenvalue weighted by Gasteiger charge is -2.17. The highest BCUT2D eigenvalue weighted by Gasteiger charge is 2.22. The number of hydrogen-bond donors (Lipinski definition) is 5. The second-order valence-electron chi connectivity index (χ2n) is 8.08. The molecular formula is C25H23ClN8O. The van der Waals surface area contributed by atoms with Gasteiger partial charge < -0.3 is 21.4 Å². The maximum atomic E-state index is 12.8. The molecule has 0 spiro atoms. The molecule has 0 aliphatic carbocycles. The molecule has 3 heterocycles. The molecule has 1 atom stereocenters. The molecule has 0 aliphatic rings. The molecule has 0 aliphatic heterocycles. The number of nitrogen functional groups attached to an aromatic ring is 1. The smallest absolute Gasteiger partial charge is 0.315 e. The van der Waals surface area contributed by atoms with Crippen LogP contribution in [-0.4, -0.2) is 31.2 Å². The number of carbonyl (C=O) groups is 1. The minimum absolute atomic E-state index is 0.314. The van der Waals surface area contributed by atoms with Gasteiger partial charge in [0.15, 0.2) is 5.82 Å². The third kappa shape index (κ3) is 5.10. The summed E-state index contributed by atoms with van der Waals surface area (Å²) in [4.78, 5) is 24.7. The highest BCUT2D eigenvalue weighted by molar-refractivity contribution is 6.32. The molecule has 0 unspecified atom stereocenters. The van der Waals surface area contributed by atoms with Crippen LogP contribution in [-0.2, 0) is 13.0 Å². The molecule has 5 aromatic rings. The van der Waals surface area contributed by atoms with Crippen molar-refractivity contribution in [2.24, 2.45) is 0 Å². The van der Waals surface area contributed by atoms with Crippen LogP contribution in [0.4, 0.5) is 10.6 Å². The number of benzene rings is 2. The number of H-pyrrole nitrogens is 2. The molecular weight excluding hydrogens is 464 g/mol. The van der Waals surface area contributed by atoms with Crippen LogP contribution in [0.15, 0.2) is 73.1 Å². The van der Waals surface area contributed by atoms with E-state index in [9.17, 15) is 4.79 Å². The zero-order chi connectivity index (χ0) is 24.2. The minimum Gasteiger partial charge on any atom is -0.382 e. The van der Waals surface area contributed by atoms with Gasteiger partial charge in [0, 0.05) is 29.9 Å². The lowest BCUT2D eigenvalue weighted by Crippen LogP contribution is -2.38. The molecule has 0 saturated carbocycles. The molecule has 0 bridgehead atoms. The Bertz CT molecular complexity index is 1450. The van der Waals surface area contributed by atoms with Crippen molar-refractivity contribution in [3.63, 3.8) is 0 Å². The Morgan fingerprint density at radius 3 is 2.66 bits per heavy atom. The number of nitrogens with zero attached hydrogens (tertiary/aromatic N) is 3. The Labute approximate surface area is 206 Å². The number of aromatic nitrogens is 5. The number of carbonyl (C=O) groups excluding carboxylic acids is 1. The fourth-order valence-corrected chi connectivity index (χ4v) is 4.12.